The van der Waals surface area contributed by atoms with Crippen LogP contribution in [0.25, 0.3) is 17.2 Å². The Morgan fingerprint density at radius 3 is 2.96 bits per heavy atom. The Hall–Kier alpha value is -3.07. The Morgan fingerprint density at radius 2 is 2.24 bits per heavy atom. The van der Waals surface area contributed by atoms with E-state index in [1.807, 2.05) is 13.8 Å². The SMILES string of the molecule is CC(C)C(c1nc2cc(F)ccc2o1)n1cc(C=CC(=O)NO)nn1. The quantitative estimate of drug-likeness (QED) is 0.418. The lowest BCUT2D eigenvalue weighted by atomic mass is 10.0. The van der Waals surface area contributed by atoms with E-state index in [0.29, 0.717) is 22.7 Å². The van der Waals surface area contributed by atoms with Crippen molar-refractivity contribution in [2.45, 2.75) is 19.9 Å². The molecule has 1 unspecified atom stereocenters. The second-order valence-corrected chi connectivity index (χ2v) is 5.79. The van der Waals surface area contributed by atoms with Gasteiger partial charge in [-0.25, -0.2) is 19.5 Å². The van der Waals surface area contributed by atoms with Gasteiger partial charge in [-0.3, -0.25) is 10.0 Å². The number of nitrogens with zero attached hydrogens (tertiary/aromatic N) is 4. The standard InChI is InChI=1S/C16H16FN5O3/c1-9(2)15(16-18-12-7-10(17)3-5-13(12)25-16)22-8-11(19-21-22)4-6-14(23)20-24/h3-9,15,24H,1-2H3,(H,20,23). The van der Waals surface area contributed by atoms with E-state index in [1.54, 1.807) is 10.9 Å². The van der Waals surface area contributed by atoms with Crippen molar-refractivity contribution in [3.05, 3.63) is 47.9 Å². The molecule has 1 amide bonds. The largest absolute Gasteiger partial charge is 0.438 e. The van der Waals surface area contributed by atoms with Crippen molar-refractivity contribution < 1.29 is 18.8 Å². The molecule has 0 saturated heterocycles. The zero-order valence-electron chi connectivity index (χ0n) is 13.5. The van der Waals surface area contributed by atoms with Gasteiger partial charge in [0, 0.05) is 12.1 Å². The van der Waals surface area contributed by atoms with Crippen molar-refractivity contribution in [3.63, 3.8) is 0 Å². The molecule has 3 rings (SSSR count). The predicted molar refractivity (Wildman–Crippen MR) is 85.9 cm³/mol. The summed E-state index contributed by atoms with van der Waals surface area (Å²) >= 11 is 0. The number of hydrogen-bond donors (Lipinski definition) is 2. The summed E-state index contributed by atoms with van der Waals surface area (Å²) in [5.41, 5.74) is 2.84. The second-order valence-electron chi connectivity index (χ2n) is 5.79. The number of fused-ring (bicyclic) bond motifs is 1. The van der Waals surface area contributed by atoms with Gasteiger partial charge in [0.2, 0.25) is 5.89 Å². The van der Waals surface area contributed by atoms with Crippen LogP contribution in [-0.2, 0) is 4.79 Å². The van der Waals surface area contributed by atoms with Gasteiger partial charge >= 0.3 is 0 Å². The van der Waals surface area contributed by atoms with Crippen molar-refractivity contribution in [2.75, 3.05) is 0 Å². The van der Waals surface area contributed by atoms with E-state index in [1.165, 1.54) is 29.8 Å². The Labute approximate surface area is 141 Å². The highest BCUT2D eigenvalue weighted by Gasteiger charge is 2.25. The number of oxazole rings is 1. The molecular weight excluding hydrogens is 329 g/mol. The molecular formula is C16H16FN5O3. The summed E-state index contributed by atoms with van der Waals surface area (Å²) in [6, 6.07) is 3.80. The minimum absolute atomic E-state index is 0.0668. The van der Waals surface area contributed by atoms with Crippen molar-refractivity contribution in [1.29, 1.82) is 0 Å². The number of hydrogen-bond acceptors (Lipinski definition) is 6. The highest BCUT2D eigenvalue weighted by atomic mass is 19.1. The normalized spacial score (nSPS) is 13.0. The van der Waals surface area contributed by atoms with E-state index in [0.717, 1.165) is 6.08 Å². The maximum atomic E-state index is 13.3. The maximum absolute atomic E-state index is 13.3. The molecule has 2 N–H and O–H groups in total. The van der Waals surface area contributed by atoms with Gasteiger partial charge in [0.1, 0.15) is 23.1 Å². The maximum Gasteiger partial charge on any atom is 0.267 e. The number of carbonyl (C=O) groups is 1. The smallest absolute Gasteiger partial charge is 0.267 e. The molecule has 0 saturated carbocycles. The molecule has 0 bridgehead atoms. The summed E-state index contributed by atoms with van der Waals surface area (Å²) in [7, 11) is 0. The summed E-state index contributed by atoms with van der Waals surface area (Å²) in [6.45, 7) is 3.94. The minimum Gasteiger partial charge on any atom is -0.438 e. The van der Waals surface area contributed by atoms with E-state index in [4.69, 9.17) is 9.62 Å². The molecule has 25 heavy (non-hydrogen) atoms. The lowest BCUT2D eigenvalue weighted by Crippen LogP contribution is -2.17. The average Bonchev–Trinajstić information content (AvgIpc) is 3.19. The highest BCUT2D eigenvalue weighted by molar-refractivity contribution is 5.90. The molecule has 3 aromatic rings. The first-order valence-electron chi connectivity index (χ1n) is 7.58. The number of benzene rings is 1. The third kappa shape index (κ3) is 3.56. The van der Waals surface area contributed by atoms with Crippen LogP contribution >= 0.6 is 0 Å². The Bertz CT molecular complexity index is 931. The number of aromatic nitrogens is 4. The number of halogens is 1. The van der Waals surface area contributed by atoms with Crippen molar-refractivity contribution in [2.24, 2.45) is 5.92 Å². The first-order valence-corrected chi connectivity index (χ1v) is 7.58. The van der Waals surface area contributed by atoms with Crippen molar-refractivity contribution in [3.8, 4) is 0 Å². The van der Waals surface area contributed by atoms with Gasteiger partial charge in [-0.15, -0.1) is 5.10 Å². The summed E-state index contributed by atoms with van der Waals surface area (Å²) in [4.78, 5) is 15.4. The van der Waals surface area contributed by atoms with Crippen LogP contribution in [0.2, 0.25) is 0 Å². The summed E-state index contributed by atoms with van der Waals surface area (Å²) in [5.74, 6) is -0.596. The monoisotopic (exact) mass is 345 g/mol. The van der Waals surface area contributed by atoms with Crippen molar-refractivity contribution in [1.82, 2.24) is 25.5 Å². The highest BCUT2D eigenvalue weighted by Crippen LogP contribution is 2.28. The topological polar surface area (TPSA) is 106 Å². The molecule has 1 aromatic carbocycles. The zero-order chi connectivity index (χ0) is 18.0. The van der Waals surface area contributed by atoms with E-state index in [2.05, 4.69) is 15.3 Å². The number of nitrogens with one attached hydrogen (secondary N) is 1. The first kappa shape index (κ1) is 16.8. The molecule has 0 spiro atoms. The predicted octanol–water partition coefficient (Wildman–Crippen LogP) is 2.32. The van der Waals surface area contributed by atoms with Crippen LogP contribution < -0.4 is 5.48 Å². The van der Waals surface area contributed by atoms with E-state index in [-0.39, 0.29) is 17.8 Å². The van der Waals surface area contributed by atoms with Gasteiger partial charge in [0.25, 0.3) is 5.91 Å². The van der Waals surface area contributed by atoms with E-state index >= 15 is 0 Å². The molecule has 0 fully saturated rings. The lowest BCUT2D eigenvalue weighted by molar-refractivity contribution is -0.124. The third-order valence-corrected chi connectivity index (χ3v) is 3.58. The summed E-state index contributed by atoms with van der Waals surface area (Å²) in [5, 5.41) is 16.5. The van der Waals surface area contributed by atoms with Crippen LogP contribution in [0, 0.1) is 11.7 Å². The summed E-state index contributed by atoms with van der Waals surface area (Å²) in [6.07, 6.45) is 4.16. The number of rotatable bonds is 5. The molecule has 9 heteroatoms. The molecule has 1 atom stereocenters. The number of carbonyl (C=O) groups excluding carboxylic acids is 1. The second kappa shape index (κ2) is 6.81. The molecule has 2 heterocycles. The van der Waals surface area contributed by atoms with Crippen LogP contribution in [0.5, 0.6) is 0 Å². The Kier molecular flexibility index (Phi) is 4.57. The number of amides is 1. The molecule has 0 aliphatic heterocycles. The fourth-order valence-corrected chi connectivity index (χ4v) is 2.45. The van der Waals surface area contributed by atoms with Gasteiger partial charge in [0.15, 0.2) is 5.58 Å². The Morgan fingerprint density at radius 1 is 1.44 bits per heavy atom. The van der Waals surface area contributed by atoms with Crippen LogP contribution in [0.3, 0.4) is 0 Å². The first-order chi connectivity index (χ1) is 12.0. The fourth-order valence-electron chi connectivity index (χ4n) is 2.45. The molecule has 130 valence electrons. The van der Waals surface area contributed by atoms with E-state index < -0.39 is 5.91 Å². The van der Waals surface area contributed by atoms with Crippen LogP contribution in [-0.4, -0.2) is 31.1 Å². The Balaban J connectivity index is 1.94. The zero-order valence-corrected chi connectivity index (χ0v) is 13.5. The molecule has 0 aliphatic carbocycles. The van der Waals surface area contributed by atoms with Gasteiger partial charge in [0.05, 0.1) is 6.20 Å². The van der Waals surface area contributed by atoms with E-state index in [9.17, 15) is 9.18 Å². The van der Waals surface area contributed by atoms with Crippen molar-refractivity contribution >= 4 is 23.1 Å². The third-order valence-electron chi connectivity index (χ3n) is 3.58. The van der Waals surface area contributed by atoms with Gasteiger partial charge in [-0.2, -0.15) is 0 Å². The summed E-state index contributed by atoms with van der Waals surface area (Å²) < 4.78 is 20.7. The van der Waals surface area contributed by atoms with Gasteiger partial charge < -0.3 is 4.42 Å². The van der Waals surface area contributed by atoms with Crippen LogP contribution in [0.4, 0.5) is 4.39 Å². The van der Waals surface area contributed by atoms with Crippen LogP contribution in [0.1, 0.15) is 31.5 Å². The van der Waals surface area contributed by atoms with Gasteiger partial charge in [-0.05, 0) is 24.1 Å². The average molecular weight is 345 g/mol. The van der Waals surface area contributed by atoms with Gasteiger partial charge in [-0.1, -0.05) is 19.1 Å². The van der Waals surface area contributed by atoms with Crippen LogP contribution in [0.15, 0.2) is 34.9 Å². The number of hydroxylamine groups is 1. The molecule has 2 aromatic heterocycles. The minimum atomic E-state index is -0.670. The molecule has 8 nitrogen and oxygen atoms in total. The lowest BCUT2D eigenvalue weighted by Gasteiger charge is -2.16. The molecule has 0 radical (unpaired) electrons. The fraction of sp³-hybridized carbons (Fsp3) is 0.250. The molecule has 0 aliphatic rings.